The molecule has 5 rings (SSSR count). The fraction of sp³-hybridized carbons (Fsp3) is 0.480. The highest BCUT2D eigenvalue weighted by atomic mass is 32.2. The van der Waals surface area contributed by atoms with E-state index in [1.165, 1.54) is 17.8 Å². The average Bonchev–Trinajstić information content (AvgIpc) is 3.71. The second-order valence-corrected chi connectivity index (χ2v) is 10.0. The van der Waals surface area contributed by atoms with Crippen LogP contribution in [0.15, 0.2) is 35.7 Å². The van der Waals surface area contributed by atoms with Gasteiger partial charge < -0.3 is 10.0 Å². The average molecular weight is 499 g/mol. The Morgan fingerprint density at radius 2 is 1.94 bits per heavy atom. The van der Waals surface area contributed by atoms with Crippen molar-refractivity contribution in [1.82, 2.24) is 25.1 Å². The van der Waals surface area contributed by atoms with Crippen molar-refractivity contribution in [2.75, 3.05) is 11.2 Å². The molecule has 7 nitrogen and oxygen atoms in total. The Balaban J connectivity index is 1.40. The lowest BCUT2D eigenvalue weighted by Crippen LogP contribution is -2.47. The molecule has 0 saturated heterocycles. The summed E-state index contributed by atoms with van der Waals surface area (Å²) in [5.41, 5.74) is 0.902. The zero-order valence-electron chi connectivity index (χ0n) is 19.7. The van der Waals surface area contributed by atoms with Crippen LogP contribution in [0, 0.1) is 11.7 Å². The fourth-order valence-corrected chi connectivity index (χ4v) is 5.20. The zero-order valence-corrected chi connectivity index (χ0v) is 20.5. The summed E-state index contributed by atoms with van der Waals surface area (Å²) in [6.45, 7) is 2.16. The van der Waals surface area contributed by atoms with Crippen LogP contribution in [0.3, 0.4) is 0 Å². The Hall–Kier alpha value is -2.88. The minimum atomic E-state index is -0.884. The van der Waals surface area contributed by atoms with E-state index in [1.54, 1.807) is 24.6 Å². The first-order chi connectivity index (χ1) is 17.0. The number of benzene rings is 1. The van der Waals surface area contributed by atoms with Crippen molar-refractivity contribution < 1.29 is 13.9 Å². The van der Waals surface area contributed by atoms with E-state index < -0.39 is 12.0 Å². The summed E-state index contributed by atoms with van der Waals surface area (Å²) >= 11 is 1.30. The van der Waals surface area contributed by atoms with Crippen molar-refractivity contribution in [2.24, 2.45) is 5.92 Å². The third-order valence-corrected chi connectivity index (χ3v) is 7.51. The molecule has 0 amide bonds. The summed E-state index contributed by atoms with van der Waals surface area (Å²) < 4.78 is 29.2. The quantitative estimate of drug-likeness (QED) is 0.340. The summed E-state index contributed by atoms with van der Waals surface area (Å²) in [5.74, 6) is 0.659. The van der Waals surface area contributed by atoms with Gasteiger partial charge >= 0.3 is 0 Å². The highest BCUT2D eigenvalue weighted by Gasteiger charge is 2.41. The minimum Gasteiger partial charge on any atom is -0.507 e. The molecule has 3 aromatic rings. The number of thioether (sulfide) groups is 1. The van der Waals surface area contributed by atoms with E-state index in [4.69, 9.17) is 0 Å². The van der Waals surface area contributed by atoms with E-state index in [-0.39, 0.29) is 29.4 Å². The largest absolute Gasteiger partial charge is 0.507 e. The van der Waals surface area contributed by atoms with Crippen LogP contribution in [0.4, 0.5) is 14.6 Å². The van der Waals surface area contributed by atoms with Gasteiger partial charge in [0.15, 0.2) is 22.6 Å². The number of phenols is 1. The molecule has 0 aliphatic heterocycles. The van der Waals surface area contributed by atoms with Gasteiger partial charge in [-0.15, -0.1) is 10.2 Å². The van der Waals surface area contributed by atoms with Crippen LogP contribution in [0.25, 0.3) is 22.6 Å². The van der Waals surface area contributed by atoms with E-state index in [0.29, 0.717) is 34.4 Å². The van der Waals surface area contributed by atoms with Gasteiger partial charge in [0, 0.05) is 11.6 Å². The van der Waals surface area contributed by atoms with Crippen molar-refractivity contribution in [3.63, 3.8) is 0 Å². The number of aromatic hydroxyl groups is 1. The molecule has 1 N–H and O–H groups in total. The van der Waals surface area contributed by atoms with Gasteiger partial charge in [-0.05, 0) is 56.4 Å². The number of aromatic nitrogens is 5. The maximum Gasteiger partial charge on any atom is 0.187 e. The summed E-state index contributed by atoms with van der Waals surface area (Å²) in [6.07, 6.45) is 9.07. The van der Waals surface area contributed by atoms with Gasteiger partial charge in [-0.1, -0.05) is 31.2 Å². The lowest BCUT2D eigenvalue weighted by atomic mass is 9.82. The summed E-state index contributed by atoms with van der Waals surface area (Å²) in [6, 6.07) is 4.77. The molecule has 2 aliphatic rings. The number of halogens is 2. The molecular weight excluding hydrogens is 470 g/mol. The molecule has 2 aromatic heterocycles. The van der Waals surface area contributed by atoms with Crippen molar-refractivity contribution >= 4 is 17.6 Å². The SMILES string of the molecule is CC[C@@H]1CC[C@H](F)[C@H](N(c2cnc(-c3ccc(-c4nc(SC)ncc4F)cc3O)nn2)C2CC2)C1. The van der Waals surface area contributed by atoms with Gasteiger partial charge in [0.05, 0.1) is 24.0 Å². The van der Waals surface area contributed by atoms with Crippen LogP contribution in [-0.4, -0.2) is 54.8 Å². The Kier molecular flexibility index (Phi) is 6.82. The molecule has 184 valence electrons. The van der Waals surface area contributed by atoms with Gasteiger partial charge in [-0.25, -0.2) is 23.7 Å². The molecule has 0 unspecified atom stereocenters. The Morgan fingerprint density at radius 3 is 2.60 bits per heavy atom. The van der Waals surface area contributed by atoms with E-state index in [1.807, 2.05) is 0 Å². The number of nitrogens with zero attached hydrogens (tertiary/aromatic N) is 6. The van der Waals surface area contributed by atoms with Gasteiger partial charge in [-0.3, -0.25) is 0 Å². The van der Waals surface area contributed by atoms with Crippen LogP contribution >= 0.6 is 11.8 Å². The number of rotatable bonds is 7. The number of hydrogen-bond donors (Lipinski definition) is 1. The van der Waals surface area contributed by atoms with E-state index in [0.717, 1.165) is 38.3 Å². The van der Waals surface area contributed by atoms with Crippen LogP contribution in [0.5, 0.6) is 5.75 Å². The van der Waals surface area contributed by atoms with E-state index >= 15 is 0 Å². The van der Waals surface area contributed by atoms with Crippen LogP contribution < -0.4 is 4.90 Å². The fourth-order valence-electron chi connectivity index (χ4n) is 4.86. The predicted octanol–water partition coefficient (Wildman–Crippen LogP) is 5.45. The minimum absolute atomic E-state index is 0.110. The Morgan fingerprint density at radius 1 is 1.11 bits per heavy atom. The molecule has 2 saturated carbocycles. The van der Waals surface area contributed by atoms with Crippen molar-refractivity contribution in [1.29, 1.82) is 0 Å². The van der Waals surface area contributed by atoms with Gasteiger partial charge in [0.1, 0.15) is 17.6 Å². The topological polar surface area (TPSA) is 87.9 Å². The van der Waals surface area contributed by atoms with Crippen LogP contribution in [0.2, 0.25) is 0 Å². The van der Waals surface area contributed by atoms with Gasteiger partial charge in [-0.2, -0.15) is 0 Å². The molecule has 0 spiro atoms. The van der Waals surface area contributed by atoms with Crippen LogP contribution in [-0.2, 0) is 0 Å². The summed E-state index contributed by atoms with van der Waals surface area (Å²) in [5, 5.41) is 19.7. The molecular formula is C25H28F2N6OS. The number of hydrogen-bond acceptors (Lipinski definition) is 8. The third-order valence-electron chi connectivity index (χ3n) is 6.95. The Labute approximate surface area is 207 Å². The lowest BCUT2D eigenvalue weighted by molar-refractivity contribution is 0.166. The first kappa shape index (κ1) is 23.8. The number of anilines is 1. The molecule has 0 radical (unpaired) electrons. The molecule has 0 bridgehead atoms. The highest BCUT2D eigenvalue weighted by molar-refractivity contribution is 7.98. The van der Waals surface area contributed by atoms with Crippen molar-refractivity contribution in [2.45, 2.75) is 68.9 Å². The molecule has 2 aliphatic carbocycles. The normalized spacial score (nSPS) is 22.2. The van der Waals surface area contributed by atoms with E-state index in [9.17, 15) is 13.9 Å². The first-order valence-electron chi connectivity index (χ1n) is 12.0. The predicted molar refractivity (Wildman–Crippen MR) is 132 cm³/mol. The lowest BCUT2D eigenvalue weighted by Gasteiger charge is -2.40. The van der Waals surface area contributed by atoms with E-state index in [2.05, 4.69) is 37.0 Å². The third kappa shape index (κ3) is 4.94. The molecule has 2 heterocycles. The Bertz CT molecular complexity index is 1190. The van der Waals surface area contributed by atoms with Gasteiger partial charge in [0.25, 0.3) is 0 Å². The summed E-state index contributed by atoms with van der Waals surface area (Å²) in [4.78, 5) is 14.7. The molecule has 3 atom stereocenters. The highest BCUT2D eigenvalue weighted by Crippen LogP contribution is 2.40. The second-order valence-electron chi connectivity index (χ2n) is 9.23. The molecule has 10 heteroatoms. The van der Waals surface area contributed by atoms with Crippen molar-refractivity contribution in [3.8, 4) is 28.4 Å². The maximum absolute atomic E-state index is 15.0. The first-order valence-corrected chi connectivity index (χ1v) is 13.2. The second kappa shape index (κ2) is 10.0. The van der Waals surface area contributed by atoms with Crippen molar-refractivity contribution in [3.05, 3.63) is 36.4 Å². The monoisotopic (exact) mass is 498 g/mol. The van der Waals surface area contributed by atoms with Crippen LogP contribution in [0.1, 0.15) is 45.4 Å². The summed E-state index contributed by atoms with van der Waals surface area (Å²) in [7, 11) is 0. The standard InChI is InChI=1S/C25H28F2N6OS/c1-3-14-4-9-18(26)20(10-14)33(16-6-7-16)22-13-28-24(32-31-22)17-8-5-15(11-21(17)34)23-19(27)12-29-25(30-23)35-2/h5,8,11-14,16,18,20,34H,3-4,6-7,9-10H2,1-2H3/t14-,18+,20-/m1/s1. The smallest absolute Gasteiger partial charge is 0.187 e. The zero-order chi connectivity index (χ0) is 24.5. The molecule has 2 fully saturated rings. The maximum atomic E-state index is 15.0. The van der Waals surface area contributed by atoms with Gasteiger partial charge in [0.2, 0.25) is 0 Å². The number of alkyl halides is 1. The molecule has 35 heavy (non-hydrogen) atoms. The number of phenolic OH excluding ortho intramolecular Hbond substituents is 1. The molecule has 1 aromatic carbocycles.